The molecule has 1 atom stereocenters. The summed E-state index contributed by atoms with van der Waals surface area (Å²) in [6.07, 6.45) is 1.39. The van der Waals surface area contributed by atoms with E-state index in [0.29, 0.717) is 12.0 Å². The monoisotopic (exact) mass is 251 g/mol. The summed E-state index contributed by atoms with van der Waals surface area (Å²) < 4.78 is 0. The van der Waals surface area contributed by atoms with Gasteiger partial charge >= 0.3 is 5.97 Å². The fraction of sp³-hybridized carbons (Fsp3) is 0.462. The van der Waals surface area contributed by atoms with Crippen LogP contribution >= 0.6 is 0 Å². The fourth-order valence-corrected chi connectivity index (χ4v) is 2.08. The van der Waals surface area contributed by atoms with Gasteiger partial charge in [-0.05, 0) is 19.8 Å². The van der Waals surface area contributed by atoms with Gasteiger partial charge in [-0.25, -0.2) is 0 Å². The van der Waals surface area contributed by atoms with Crippen LogP contribution in [0.1, 0.15) is 32.3 Å². The van der Waals surface area contributed by atoms with E-state index in [1.165, 1.54) is 6.07 Å². The molecular weight excluding hydrogens is 234 g/mol. The fourth-order valence-electron chi connectivity index (χ4n) is 2.08. The van der Waals surface area contributed by atoms with Gasteiger partial charge in [0.25, 0.3) is 5.69 Å². The van der Waals surface area contributed by atoms with E-state index >= 15 is 0 Å². The number of benzene rings is 1. The highest BCUT2D eigenvalue weighted by Crippen LogP contribution is 2.32. The third-order valence-corrected chi connectivity index (χ3v) is 3.09. The summed E-state index contributed by atoms with van der Waals surface area (Å²) in [5.41, 5.74) is -0.497. The van der Waals surface area contributed by atoms with E-state index in [4.69, 9.17) is 0 Å². The van der Waals surface area contributed by atoms with Gasteiger partial charge in [0.2, 0.25) is 0 Å². The summed E-state index contributed by atoms with van der Waals surface area (Å²) in [5.74, 6) is -0.914. The van der Waals surface area contributed by atoms with Crippen LogP contribution in [0.15, 0.2) is 24.3 Å². The first-order valence-electron chi connectivity index (χ1n) is 5.86. The van der Waals surface area contributed by atoms with Crippen molar-refractivity contribution in [3.63, 3.8) is 0 Å². The highest BCUT2D eigenvalue weighted by Gasteiger charge is 2.34. The van der Waals surface area contributed by atoms with Crippen LogP contribution in [0.3, 0.4) is 0 Å². The molecule has 0 saturated heterocycles. The zero-order chi connectivity index (χ0) is 13.8. The Labute approximate surface area is 106 Å². The molecule has 5 nitrogen and oxygen atoms in total. The van der Waals surface area contributed by atoms with Crippen molar-refractivity contribution in [1.82, 2.24) is 0 Å². The molecule has 0 spiro atoms. The number of carbonyl (C=O) groups is 1. The number of nitro groups is 1. The van der Waals surface area contributed by atoms with Crippen LogP contribution in [0.25, 0.3) is 0 Å². The normalized spacial score (nSPS) is 13.9. The molecule has 1 aromatic carbocycles. The molecule has 1 rings (SSSR count). The summed E-state index contributed by atoms with van der Waals surface area (Å²) in [6.45, 7) is 3.54. The Morgan fingerprint density at radius 3 is 2.56 bits per heavy atom. The maximum atomic E-state index is 11.3. The van der Waals surface area contributed by atoms with Crippen molar-refractivity contribution < 1.29 is 14.8 Å². The molecule has 1 unspecified atom stereocenters. The van der Waals surface area contributed by atoms with Gasteiger partial charge in [-0.1, -0.05) is 31.5 Å². The van der Waals surface area contributed by atoms with Gasteiger partial charge in [0, 0.05) is 11.6 Å². The van der Waals surface area contributed by atoms with Crippen LogP contribution in [0.5, 0.6) is 0 Å². The number of carboxylic acids is 1. The number of carboxylic acid groups (broad SMARTS) is 1. The summed E-state index contributed by atoms with van der Waals surface area (Å²) in [5, 5.41) is 20.2. The van der Waals surface area contributed by atoms with Gasteiger partial charge in [0.15, 0.2) is 0 Å². The summed E-state index contributed by atoms with van der Waals surface area (Å²) >= 11 is 0. The van der Waals surface area contributed by atoms with E-state index in [9.17, 15) is 20.0 Å². The molecule has 0 amide bonds. The minimum atomic E-state index is -0.957. The lowest BCUT2D eigenvalue weighted by molar-refractivity contribution is -0.385. The smallest absolute Gasteiger partial charge is 0.309 e. The van der Waals surface area contributed by atoms with Crippen molar-refractivity contribution in [2.75, 3.05) is 0 Å². The standard InChI is InChI=1S/C13H17NO4/c1-3-8-13(2,12(15)16)9-10-6-4-5-7-11(10)14(17)18/h4-7H,3,8-9H2,1-2H3,(H,15,16). The Kier molecular flexibility index (Phi) is 4.42. The van der Waals surface area contributed by atoms with Gasteiger partial charge in [-0.15, -0.1) is 0 Å². The quantitative estimate of drug-likeness (QED) is 0.622. The van der Waals surface area contributed by atoms with Crippen molar-refractivity contribution in [1.29, 1.82) is 0 Å². The molecule has 0 saturated carbocycles. The van der Waals surface area contributed by atoms with E-state index in [-0.39, 0.29) is 12.1 Å². The molecule has 0 aliphatic rings. The third kappa shape index (κ3) is 3.06. The Balaban J connectivity index is 3.08. The average Bonchev–Trinajstić information content (AvgIpc) is 2.29. The van der Waals surface area contributed by atoms with Gasteiger partial charge in [-0.3, -0.25) is 14.9 Å². The van der Waals surface area contributed by atoms with Crippen molar-refractivity contribution >= 4 is 11.7 Å². The Morgan fingerprint density at radius 1 is 1.44 bits per heavy atom. The Morgan fingerprint density at radius 2 is 2.06 bits per heavy atom. The first-order valence-corrected chi connectivity index (χ1v) is 5.86. The lowest BCUT2D eigenvalue weighted by atomic mass is 9.79. The van der Waals surface area contributed by atoms with Crippen LogP contribution in [0.4, 0.5) is 5.69 Å². The van der Waals surface area contributed by atoms with Gasteiger partial charge in [0.05, 0.1) is 10.3 Å². The Hall–Kier alpha value is -1.91. The largest absolute Gasteiger partial charge is 0.481 e. The van der Waals surface area contributed by atoms with E-state index in [1.807, 2.05) is 6.92 Å². The number of nitrogens with zero attached hydrogens (tertiary/aromatic N) is 1. The molecule has 0 bridgehead atoms. The van der Waals surface area contributed by atoms with Gasteiger partial charge < -0.3 is 5.11 Å². The summed E-state index contributed by atoms with van der Waals surface area (Å²) in [7, 11) is 0. The predicted octanol–water partition coefficient (Wildman–Crippen LogP) is 3.03. The molecule has 98 valence electrons. The number of rotatable bonds is 6. The zero-order valence-corrected chi connectivity index (χ0v) is 10.5. The van der Waals surface area contributed by atoms with Crippen LogP contribution in [0, 0.1) is 15.5 Å². The highest BCUT2D eigenvalue weighted by molar-refractivity contribution is 5.74. The molecule has 0 aliphatic carbocycles. The molecule has 1 aromatic rings. The molecule has 1 N–H and O–H groups in total. The maximum absolute atomic E-state index is 11.3. The molecule has 0 heterocycles. The number of aliphatic carboxylic acids is 1. The molecule has 5 heteroatoms. The topological polar surface area (TPSA) is 80.4 Å². The molecule has 0 radical (unpaired) electrons. The highest BCUT2D eigenvalue weighted by atomic mass is 16.6. The minimum Gasteiger partial charge on any atom is -0.481 e. The Bertz CT molecular complexity index is 458. The van der Waals surface area contributed by atoms with E-state index in [1.54, 1.807) is 25.1 Å². The second-order valence-corrected chi connectivity index (χ2v) is 4.68. The minimum absolute atomic E-state index is 0.0129. The lowest BCUT2D eigenvalue weighted by Crippen LogP contribution is -2.30. The molecule has 0 aliphatic heterocycles. The second kappa shape index (κ2) is 5.62. The first-order chi connectivity index (χ1) is 8.40. The van der Waals surface area contributed by atoms with Gasteiger partial charge in [0.1, 0.15) is 0 Å². The number of para-hydroxylation sites is 1. The SMILES string of the molecule is CCCC(C)(Cc1ccccc1[N+](=O)[O-])C(=O)O. The van der Waals surface area contributed by atoms with Crippen LogP contribution < -0.4 is 0 Å². The summed E-state index contributed by atoms with van der Waals surface area (Å²) in [4.78, 5) is 21.8. The average molecular weight is 251 g/mol. The van der Waals surface area contributed by atoms with Gasteiger partial charge in [-0.2, -0.15) is 0 Å². The van der Waals surface area contributed by atoms with E-state index < -0.39 is 16.3 Å². The predicted molar refractivity (Wildman–Crippen MR) is 67.5 cm³/mol. The second-order valence-electron chi connectivity index (χ2n) is 4.68. The van der Waals surface area contributed by atoms with Crippen molar-refractivity contribution in [2.45, 2.75) is 33.1 Å². The van der Waals surface area contributed by atoms with Crippen LogP contribution in [0.2, 0.25) is 0 Å². The third-order valence-electron chi connectivity index (χ3n) is 3.09. The van der Waals surface area contributed by atoms with Crippen LogP contribution in [-0.2, 0) is 11.2 Å². The van der Waals surface area contributed by atoms with Crippen molar-refractivity contribution in [2.24, 2.45) is 5.41 Å². The van der Waals surface area contributed by atoms with Crippen molar-refractivity contribution in [3.05, 3.63) is 39.9 Å². The molecule has 0 fully saturated rings. The van der Waals surface area contributed by atoms with Crippen LogP contribution in [-0.4, -0.2) is 16.0 Å². The first kappa shape index (κ1) is 14.2. The van der Waals surface area contributed by atoms with Crippen molar-refractivity contribution in [3.8, 4) is 0 Å². The molecule has 18 heavy (non-hydrogen) atoms. The summed E-state index contributed by atoms with van der Waals surface area (Å²) in [6, 6.07) is 6.30. The van der Waals surface area contributed by atoms with E-state index in [0.717, 1.165) is 6.42 Å². The number of nitro benzene ring substituents is 1. The zero-order valence-electron chi connectivity index (χ0n) is 10.5. The number of hydrogen-bond donors (Lipinski definition) is 1. The number of hydrogen-bond acceptors (Lipinski definition) is 3. The molecule has 0 aromatic heterocycles. The maximum Gasteiger partial charge on any atom is 0.309 e. The lowest BCUT2D eigenvalue weighted by Gasteiger charge is -2.24. The van der Waals surface area contributed by atoms with E-state index in [2.05, 4.69) is 0 Å². The molecular formula is C13H17NO4.